The summed E-state index contributed by atoms with van der Waals surface area (Å²) in [6.45, 7) is 5.60. The molecule has 0 saturated carbocycles. The second kappa shape index (κ2) is 6.72. The number of hydrogen-bond acceptors (Lipinski definition) is 2. The van der Waals surface area contributed by atoms with Gasteiger partial charge in [0, 0.05) is 19.0 Å². The van der Waals surface area contributed by atoms with Crippen LogP contribution >= 0.6 is 0 Å². The van der Waals surface area contributed by atoms with E-state index in [-0.39, 0.29) is 12.5 Å². The molecule has 1 aromatic carbocycles. The van der Waals surface area contributed by atoms with Crippen LogP contribution in [0.1, 0.15) is 25.3 Å². The molecule has 0 bridgehead atoms. The van der Waals surface area contributed by atoms with Gasteiger partial charge in [0.15, 0.2) is 0 Å². The fourth-order valence-corrected chi connectivity index (χ4v) is 2.58. The molecular weight excluding hydrogens is 222 g/mol. The Hall–Kier alpha value is -1.12. The largest absolute Gasteiger partial charge is 0.396 e. The minimum Gasteiger partial charge on any atom is -0.396 e. The van der Waals surface area contributed by atoms with Gasteiger partial charge in [-0.15, -0.1) is 0 Å². The standard InChI is InChI=1S/C16H23NO/c1-2-3-10-17-11-9-16(15(12-17)13-18)14-7-5-4-6-8-14/h4-9,15,18H,2-3,10-13H2,1H3. The van der Waals surface area contributed by atoms with Crippen LogP contribution in [-0.2, 0) is 0 Å². The smallest absolute Gasteiger partial charge is 0.0512 e. The van der Waals surface area contributed by atoms with Crippen LogP contribution in [0.2, 0.25) is 0 Å². The number of benzene rings is 1. The zero-order valence-corrected chi connectivity index (χ0v) is 11.2. The Morgan fingerprint density at radius 1 is 1.28 bits per heavy atom. The Kier molecular flexibility index (Phi) is 4.97. The van der Waals surface area contributed by atoms with Gasteiger partial charge in [0.05, 0.1) is 6.61 Å². The molecule has 1 unspecified atom stereocenters. The Bertz CT molecular complexity index is 385. The van der Waals surface area contributed by atoms with Crippen LogP contribution in [0.15, 0.2) is 36.4 Å². The molecule has 98 valence electrons. The highest BCUT2D eigenvalue weighted by Gasteiger charge is 2.22. The molecule has 2 rings (SSSR count). The molecule has 1 N–H and O–H groups in total. The van der Waals surface area contributed by atoms with Crippen LogP contribution in [-0.4, -0.2) is 36.2 Å². The number of aliphatic hydroxyl groups excluding tert-OH is 1. The lowest BCUT2D eigenvalue weighted by Crippen LogP contribution is -2.36. The topological polar surface area (TPSA) is 23.5 Å². The Labute approximate surface area is 110 Å². The van der Waals surface area contributed by atoms with Gasteiger partial charge in [0.25, 0.3) is 0 Å². The Balaban J connectivity index is 2.09. The number of hydrogen-bond donors (Lipinski definition) is 1. The van der Waals surface area contributed by atoms with Crippen molar-refractivity contribution in [1.82, 2.24) is 4.90 Å². The highest BCUT2D eigenvalue weighted by atomic mass is 16.3. The Morgan fingerprint density at radius 2 is 2.06 bits per heavy atom. The molecule has 1 atom stereocenters. The van der Waals surface area contributed by atoms with Crippen molar-refractivity contribution < 1.29 is 5.11 Å². The number of aliphatic hydroxyl groups is 1. The van der Waals surface area contributed by atoms with Gasteiger partial charge in [-0.2, -0.15) is 0 Å². The first-order chi connectivity index (χ1) is 8.85. The van der Waals surface area contributed by atoms with Crippen LogP contribution in [0.5, 0.6) is 0 Å². The minimum absolute atomic E-state index is 0.239. The molecule has 0 aromatic heterocycles. The molecule has 1 heterocycles. The maximum Gasteiger partial charge on any atom is 0.0512 e. The molecule has 1 aliphatic rings. The summed E-state index contributed by atoms with van der Waals surface area (Å²) in [6.07, 6.45) is 4.76. The van der Waals surface area contributed by atoms with E-state index in [0.29, 0.717) is 0 Å². The molecule has 18 heavy (non-hydrogen) atoms. The first-order valence-corrected chi connectivity index (χ1v) is 6.93. The number of rotatable bonds is 5. The molecule has 0 aliphatic carbocycles. The van der Waals surface area contributed by atoms with Gasteiger partial charge >= 0.3 is 0 Å². The Morgan fingerprint density at radius 3 is 2.72 bits per heavy atom. The van der Waals surface area contributed by atoms with E-state index in [1.807, 2.05) is 6.07 Å². The lowest BCUT2D eigenvalue weighted by Gasteiger charge is -2.32. The summed E-state index contributed by atoms with van der Waals surface area (Å²) in [5, 5.41) is 9.60. The maximum absolute atomic E-state index is 9.60. The predicted molar refractivity (Wildman–Crippen MR) is 76.3 cm³/mol. The molecule has 0 fully saturated rings. The van der Waals surface area contributed by atoms with E-state index in [2.05, 4.69) is 42.2 Å². The highest BCUT2D eigenvalue weighted by Crippen LogP contribution is 2.27. The SMILES string of the molecule is CCCCN1CC=C(c2ccccc2)C(CO)C1. The molecule has 2 nitrogen and oxygen atoms in total. The zero-order valence-electron chi connectivity index (χ0n) is 11.2. The molecule has 1 aromatic rings. The van der Waals surface area contributed by atoms with E-state index in [0.717, 1.165) is 19.6 Å². The van der Waals surface area contributed by atoms with Crippen molar-refractivity contribution in [2.75, 3.05) is 26.2 Å². The summed E-state index contributed by atoms with van der Waals surface area (Å²) < 4.78 is 0. The van der Waals surface area contributed by atoms with Crippen LogP contribution in [0.4, 0.5) is 0 Å². The number of nitrogens with zero attached hydrogens (tertiary/aromatic N) is 1. The average Bonchev–Trinajstić information content (AvgIpc) is 2.45. The molecule has 2 heteroatoms. The van der Waals surface area contributed by atoms with Crippen LogP contribution in [0.3, 0.4) is 0 Å². The predicted octanol–water partition coefficient (Wildman–Crippen LogP) is 2.79. The highest BCUT2D eigenvalue weighted by molar-refractivity contribution is 5.68. The lowest BCUT2D eigenvalue weighted by atomic mass is 9.89. The zero-order chi connectivity index (χ0) is 12.8. The van der Waals surface area contributed by atoms with Crippen molar-refractivity contribution in [1.29, 1.82) is 0 Å². The van der Waals surface area contributed by atoms with Crippen molar-refractivity contribution in [2.45, 2.75) is 19.8 Å². The average molecular weight is 245 g/mol. The molecule has 0 radical (unpaired) electrons. The van der Waals surface area contributed by atoms with E-state index in [1.54, 1.807) is 0 Å². The lowest BCUT2D eigenvalue weighted by molar-refractivity contribution is 0.192. The molecule has 0 spiro atoms. The summed E-state index contributed by atoms with van der Waals surface area (Å²) in [5.74, 6) is 0.262. The third-order valence-corrected chi connectivity index (χ3v) is 3.64. The number of unbranched alkanes of at least 4 members (excludes halogenated alkanes) is 1. The normalized spacial score (nSPS) is 20.8. The monoisotopic (exact) mass is 245 g/mol. The second-order valence-corrected chi connectivity index (χ2v) is 5.02. The first-order valence-electron chi connectivity index (χ1n) is 6.93. The van der Waals surface area contributed by atoms with Gasteiger partial charge in [0.1, 0.15) is 0 Å². The first kappa shape index (κ1) is 13.3. The van der Waals surface area contributed by atoms with Gasteiger partial charge in [-0.1, -0.05) is 49.8 Å². The summed E-state index contributed by atoms with van der Waals surface area (Å²) >= 11 is 0. The molecule has 1 aliphatic heterocycles. The third kappa shape index (κ3) is 3.21. The van der Waals surface area contributed by atoms with Gasteiger partial charge in [0.2, 0.25) is 0 Å². The summed E-state index contributed by atoms with van der Waals surface area (Å²) in [7, 11) is 0. The quantitative estimate of drug-likeness (QED) is 0.862. The van der Waals surface area contributed by atoms with E-state index < -0.39 is 0 Å². The fraction of sp³-hybridized carbons (Fsp3) is 0.500. The van der Waals surface area contributed by atoms with Gasteiger partial charge in [-0.3, -0.25) is 4.90 Å². The summed E-state index contributed by atoms with van der Waals surface area (Å²) in [5.41, 5.74) is 2.57. The molecule has 0 amide bonds. The summed E-state index contributed by atoms with van der Waals surface area (Å²) in [6, 6.07) is 10.4. The van der Waals surface area contributed by atoms with Gasteiger partial charge < -0.3 is 5.11 Å². The third-order valence-electron chi connectivity index (χ3n) is 3.64. The van der Waals surface area contributed by atoms with E-state index in [4.69, 9.17) is 0 Å². The maximum atomic E-state index is 9.60. The van der Waals surface area contributed by atoms with Crippen molar-refractivity contribution >= 4 is 5.57 Å². The van der Waals surface area contributed by atoms with Crippen LogP contribution in [0, 0.1) is 5.92 Å². The minimum atomic E-state index is 0.239. The fourth-order valence-electron chi connectivity index (χ4n) is 2.58. The molecular formula is C16H23NO. The van der Waals surface area contributed by atoms with E-state index in [9.17, 15) is 5.11 Å². The van der Waals surface area contributed by atoms with Gasteiger partial charge in [-0.25, -0.2) is 0 Å². The van der Waals surface area contributed by atoms with E-state index >= 15 is 0 Å². The van der Waals surface area contributed by atoms with Crippen molar-refractivity contribution in [2.24, 2.45) is 5.92 Å². The second-order valence-electron chi connectivity index (χ2n) is 5.02. The van der Waals surface area contributed by atoms with E-state index in [1.165, 1.54) is 24.0 Å². The van der Waals surface area contributed by atoms with Gasteiger partial charge in [-0.05, 0) is 24.1 Å². The van der Waals surface area contributed by atoms with Crippen molar-refractivity contribution in [3.63, 3.8) is 0 Å². The summed E-state index contributed by atoms with van der Waals surface area (Å²) in [4.78, 5) is 2.44. The van der Waals surface area contributed by atoms with Crippen molar-refractivity contribution in [3.8, 4) is 0 Å². The van der Waals surface area contributed by atoms with Crippen LogP contribution in [0.25, 0.3) is 5.57 Å². The van der Waals surface area contributed by atoms with Crippen LogP contribution < -0.4 is 0 Å². The molecule has 0 saturated heterocycles. The van der Waals surface area contributed by atoms with Crippen molar-refractivity contribution in [3.05, 3.63) is 42.0 Å².